The third kappa shape index (κ3) is 4.20. The summed E-state index contributed by atoms with van der Waals surface area (Å²) in [5.41, 5.74) is 1.67. The molecule has 6 rings (SSSR count). The van der Waals surface area contributed by atoms with E-state index in [0.29, 0.717) is 30.2 Å². The van der Waals surface area contributed by atoms with Crippen LogP contribution in [0.1, 0.15) is 24.3 Å². The molecule has 3 amide bonds. The van der Waals surface area contributed by atoms with Gasteiger partial charge in [0.15, 0.2) is 0 Å². The first-order chi connectivity index (χ1) is 17.1. The first-order valence-electron chi connectivity index (χ1n) is 11.5. The number of benzene rings is 2. The van der Waals surface area contributed by atoms with Gasteiger partial charge in [-0.3, -0.25) is 9.69 Å². The highest BCUT2D eigenvalue weighted by Gasteiger charge is 2.53. The summed E-state index contributed by atoms with van der Waals surface area (Å²) in [6, 6.07) is 16.1. The zero-order chi connectivity index (χ0) is 23.9. The summed E-state index contributed by atoms with van der Waals surface area (Å²) in [4.78, 5) is 34.6. The molecule has 3 aliphatic rings. The summed E-state index contributed by atoms with van der Waals surface area (Å²) in [7, 11) is 0. The van der Waals surface area contributed by atoms with Crippen LogP contribution in [0.4, 0.5) is 4.79 Å². The Morgan fingerprint density at radius 2 is 1.77 bits per heavy atom. The number of imide groups is 1. The van der Waals surface area contributed by atoms with Crippen molar-refractivity contribution in [3.05, 3.63) is 71.1 Å². The van der Waals surface area contributed by atoms with Crippen LogP contribution in [0.25, 0.3) is 11.4 Å². The normalized spacial score (nSPS) is 26.1. The molecule has 2 aliphatic heterocycles. The van der Waals surface area contributed by atoms with Crippen LogP contribution in [0, 0.1) is 5.92 Å². The number of nitrogens with zero attached hydrogens (tertiary/aromatic N) is 4. The Morgan fingerprint density at radius 3 is 2.57 bits per heavy atom. The van der Waals surface area contributed by atoms with Crippen LogP contribution < -0.4 is 0 Å². The monoisotopic (exact) mass is 494 g/mol. The molecule has 3 aromatic rings. The van der Waals surface area contributed by atoms with E-state index in [9.17, 15) is 9.59 Å². The quantitative estimate of drug-likeness (QED) is 0.531. The van der Waals surface area contributed by atoms with Gasteiger partial charge < -0.3 is 18.9 Å². The van der Waals surface area contributed by atoms with Gasteiger partial charge in [-0.05, 0) is 30.5 Å². The highest BCUT2D eigenvalue weighted by molar-refractivity contribution is 6.30. The van der Waals surface area contributed by atoms with Gasteiger partial charge in [-0.1, -0.05) is 59.2 Å². The van der Waals surface area contributed by atoms with Crippen molar-refractivity contribution < 1.29 is 23.6 Å². The van der Waals surface area contributed by atoms with Gasteiger partial charge in [-0.25, -0.2) is 4.79 Å². The summed E-state index contributed by atoms with van der Waals surface area (Å²) < 4.78 is 16.8. The maximum atomic E-state index is 13.7. The second-order valence-electron chi connectivity index (χ2n) is 9.02. The van der Waals surface area contributed by atoms with E-state index in [1.165, 1.54) is 4.90 Å². The van der Waals surface area contributed by atoms with Crippen LogP contribution in [0.15, 0.2) is 59.1 Å². The lowest BCUT2D eigenvalue weighted by atomic mass is 9.78. The lowest BCUT2D eigenvalue weighted by Crippen LogP contribution is -2.64. The predicted octanol–water partition coefficient (Wildman–Crippen LogP) is 3.87. The van der Waals surface area contributed by atoms with E-state index in [2.05, 4.69) is 10.1 Å². The average molecular weight is 495 g/mol. The molecule has 0 spiro atoms. The highest BCUT2D eigenvalue weighted by atomic mass is 35.5. The fourth-order valence-electron chi connectivity index (χ4n) is 5.20. The maximum Gasteiger partial charge on any atom is 0.327 e. The summed E-state index contributed by atoms with van der Waals surface area (Å²) in [6.07, 6.45) is 0.745. The number of carbonyl (C=O) groups is 2. The number of fused-ring (bicyclic) bond motifs is 2. The molecule has 9 nitrogen and oxygen atoms in total. The minimum atomic E-state index is -0.411. The van der Waals surface area contributed by atoms with Crippen molar-refractivity contribution in [2.45, 2.75) is 44.2 Å². The number of carbonyl (C=O) groups excluding carboxylic acids is 2. The SMILES string of the molecule is O=C1C2CC3OCOC3CC2N(Cc2cccc(Cl)c2)C(=O)N1Cc1nc(-c2ccccc2)no1. The molecule has 0 N–H and O–H groups in total. The standard InChI is InChI=1S/C25H23ClN4O5/c26-17-8-4-5-15(9-17)12-29-19-11-21-20(33-14-34-21)10-18(19)24(31)30(25(29)32)13-22-27-23(28-35-22)16-6-2-1-3-7-16/h1-9,18-21H,10-14H2. The van der Waals surface area contributed by atoms with Gasteiger partial charge in [0, 0.05) is 23.2 Å². The lowest BCUT2D eigenvalue weighted by molar-refractivity contribution is -0.145. The van der Waals surface area contributed by atoms with Crippen LogP contribution in [-0.2, 0) is 27.4 Å². The fourth-order valence-corrected chi connectivity index (χ4v) is 5.41. The summed E-state index contributed by atoms with van der Waals surface area (Å²) in [5, 5.41) is 4.61. The minimum absolute atomic E-state index is 0.0990. The van der Waals surface area contributed by atoms with Gasteiger partial charge >= 0.3 is 6.03 Å². The zero-order valence-corrected chi connectivity index (χ0v) is 19.5. The second kappa shape index (κ2) is 9.07. The van der Waals surface area contributed by atoms with Crippen molar-refractivity contribution in [1.29, 1.82) is 0 Å². The third-order valence-corrected chi connectivity index (χ3v) is 7.13. The Morgan fingerprint density at radius 1 is 0.971 bits per heavy atom. The fraction of sp³-hybridized carbons (Fsp3) is 0.360. The molecule has 0 bridgehead atoms. The van der Waals surface area contributed by atoms with Crippen molar-refractivity contribution in [1.82, 2.24) is 19.9 Å². The van der Waals surface area contributed by atoms with E-state index in [4.69, 9.17) is 25.6 Å². The Balaban J connectivity index is 1.29. The van der Waals surface area contributed by atoms with Crippen LogP contribution in [0.5, 0.6) is 0 Å². The topological polar surface area (TPSA) is 98.0 Å². The molecule has 1 aromatic heterocycles. The van der Waals surface area contributed by atoms with Crippen molar-refractivity contribution >= 4 is 23.5 Å². The average Bonchev–Trinajstić information content (AvgIpc) is 3.53. The number of amides is 3. The van der Waals surface area contributed by atoms with E-state index in [-0.39, 0.29) is 43.4 Å². The largest absolute Gasteiger partial charge is 0.349 e. The van der Waals surface area contributed by atoms with E-state index in [1.54, 1.807) is 11.0 Å². The molecular formula is C25H23ClN4O5. The second-order valence-corrected chi connectivity index (χ2v) is 9.45. The number of hydrogen-bond acceptors (Lipinski definition) is 7. The van der Waals surface area contributed by atoms with Crippen LogP contribution in [0.2, 0.25) is 5.02 Å². The Hall–Kier alpha value is -3.27. The number of halogens is 1. The number of aromatic nitrogens is 2. The highest BCUT2D eigenvalue weighted by Crippen LogP contribution is 2.40. The number of urea groups is 1. The van der Waals surface area contributed by atoms with Crippen LogP contribution >= 0.6 is 11.6 Å². The molecule has 3 heterocycles. The van der Waals surface area contributed by atoms with Gasteiger partial charge in [-0.15, -0.1) is 0 Å². The molecule has 10 heteroatoms. The molecule has 35 heavy (non-hydrogen) atoms. The van der Waals surface area contributed by atoms with Gasteiger partial charge in [-0.2, -0.15) is 4.98 Å². The molecule has 1 aliphatic carbocycles. The van der Waals surface area contributed by atoms with E-state index in [0.717, 1.165) is 11.1 Å². The molecule has 4 atom stereocenters. The maximum absolute atomic E-state index is 13.7. The number of hydrogen-bond donors (Lipinski definition) is 0. The van der Waals surface area contributed by atoms with Gasteiger partial charge in [0.2, 0.25) is 17.6 Å². The van der Waals surface area contributed by atoms with E-state index >= 15 is 0 Å². The number of rotatable bonds is 5. The van der Waals surface area contributed by atoms with Gasteiger partial charge in [0.05, 0.1) is 18.1 Å². The van der Waals surface area contributed by atoms with Crippen molar-refractivity contribution in [2.75, 3.05) is 6.79 Å². The summed E-state index contributed by atoms with van der Waals surface area (Å²) >= 11 is 6.19. The molecular weight excluding hydrogens is 472 g/mol. The lowest BCUT2D eigenvalue weighted by Gasteiger charge is -2.48. The molecule has 2 aromatic carbocycles. The minimum Gasteiger partial charge on any atom is -0.349 e. The molecule has 4 unspecified atom stereocenters. The molecule has 3 fully saturated rings. The van der Waals surface area contributed by atoms with Gasteiger partial charge in [0.1, 0.15) is 13.3 Å². The smallest absolute Gasteiger partial charge is 0.327 e. The molecule has 1 saturated carbocycles. The first-order valence-corrected chi connectivity index (χ1v) is 11.9. The van der Waals surface area contributed by atoms with Gasteiger partial charge in [0.25, 0.3) is 0 Å². The number of ether oxygens (including phenoxy) is 2. The third-order valence-electron chi connectivity index (χ3n) is 6.90. The van der Waals surface area contributed by atoms with Crippen molar-refractivity contribution in [2.24, 2.45) is 5.92 Å². The zero-order valence-electron chi connectivity index (χ0n) is 18.7. The van der Waals surface area contributed by atoms with Crippen molar-refractivity contribution in [3.8, 4) is 11.4 Å². The first kappa shape index (κ1) is 22.2. The van der Waals surface area contributed by atoms with Crippen LogP contribution in [-0.4, -0.2) is 56.9 Å². The summed E-state index contributed by atoms with van der Waals surface area (Å²) in [6.45, 7) is 0.430. The van der Waals surface area contributed by atoms with Crippen molar-refractivity contribution in [3.63, 3.8) is 0 Å². The predicted molar refractivity (Wildman–Crippen MR) is 124 cm³/mol. The van der Waals surface area contributed by atoms with E-state index < -0.39 is 11.9 Å². The van der Waals surface area contributed by atoms with Crippen LogP contribution in [0.3, 0.4) is 0 Å². The summed E-state index contributed by atoms with van der Waals surface area (Å²) in [5.74, 6) is -0.0638. The Bertz CT molecular complexity index is 1250. The molecule has 2 saturated heterocycles. The Labute approximate surface area is 206 Å². The molecule has 0 radical (unpaired) electrons. The Kier molecular flexibility index (Phi) is 5.75. The molecule has 180 valence electrons. The van der Waals surface area contributed by atoms with E-state index in [1.807, 2.05) is 48.5 Å².